The second-order valence-electron chi connectivity index (χ2n) is 6.16. The van der Waals surface area contributed by atoms with E-state index in [1.54, 1.807) is 14.1 Å². The molecule has 0 unspecified atom stereocenters. The highest BCUT2D eigenvalue weighted by molar-refractivity contribution is 5.45. The predicted octanol–water partition coefficient (Wildman–Crippen LogP) is -0.475. The first-order valence-electron chi connectivity index (χ1n) is 6.81. The Hall–Kier alpha value is -1.18. The van der Waals surface area contributed by atoms with Crippen molar-refractivity contribution < 1.29 is 18.7 Å². The molecule has 7 heteroatoms. The van der Waals surface area contributed by atoms with Gasteiger partial charge in [-0.25, -0.2) is 0 Å². The first kappa shape index (κ1) is 21.1. The maximum absolute atomic E-state index is 10.9. The van der Waals surface area contributed by atoms with Gasteiger partial charge in [0.2, 0.25) is 12.8 Å². The Morgan fingerprint density at radius 3 is 1.55 bits per heavy atom. The topological polar surface area (TPSA) is 81.3 Å². The monoisotopic (exact) mass is 291 g/mol. The SMILES string of the molecule is C[N+](C)(C)CCCNC=O.C[N+](C)([O-])CCCNC=O. The number of nitrogens with one attached hydrogen (secondary N) is 2. The lowest BCUT2D eigenvalue weighted by Crippen LogP contribution is -2.36. The van der Waals surface area contributed by atoms with Gasteiger partial charge in [-0.3, -0.25) is 9.59 Å². The zero-order chi connectivity index (χ0) is 16.1. The van der Waals surface area contributed by atoms with E-state index in [1.807, 2.05) is 0 Å². The van der Waals surface area contributed by atoms with Crippen LogP contribution in [0.25, 0.3) is 0 Å². The van der Waals surface area contributed by atoms with Gasteiger partial charge in [-0.2, -0.15) is 0 Å². The third-order valence-electron chi connectivity index (χ3n) is 2.33. The largest absolute Gasteiger partial charge is 0.633 e. The van der Waals surface area contributed by atoms with E-state index >= 15 is 0 Å². The molecule has 0 aliphatic carbocycles. The van der Waals surface area contributed by atoms with Crippen LogP contribution >= 0.6 is 0 Å². The predicted molar refractivity (Wildman–Crippen MR) is 80.6 cm³/mol. The van der Waals surface area contributed by atoms with Crippen molar-refractivity contribution in [2.75, 3.05) is 61.4 Å². The molecule has 2 amide bonds. The molecule has 0 radical (unpaired) electrons. The number of hydrogen-bond acceptors (Lipinski definition) is 3. The van der Waals surface area contributed by atoms with Crippen molar-refractivity contribution in [1.29, 1.82) is 0 Å². The standard InChI is InChI=1S/C7H16N2O.C6H14N2O2/c1-9(2,3)6-4-5-8-7-10;1-8(2,10)5-3-4-7-6-9/h7H,4-6H2,1-3H3;6H,3-5H2,1-2H3,(H,7,9)/p+1. The first-order chi connectivity index (χ1) is 9.12. The van der Waals surface area contributed by atoms with Crippen LogP contribution in [0.5, 0.6) is 0 Å². The second kappa shape index (κ2) is 11.6. The van der Waals surface area contributed by atoms with Gasteiger partial charge in [0.15, 0.2) is 0 Å². The molecule has 0 aliphatic rings. The highest BCUT2D eigenvalue weighted by atomic mass is 16.5. The van der Waals surface area contributed by atoms with Crippen LogP contribution in [-0.2, 0) is 9.59 Å². The number of nitrogens with zero attached hydrogens (tertiary/aromatic N) is 2. The van der Waals surface area contributed by atoms with E-state index in [2.05, 4.69) is 31.8 Å². The van der Waals surface area contributed by atoms with Crippen LogP contribution in [0.4, 0.5) is 0 Å². The molecular weight excluding hydrogens is 260 g/mol. The van der Waals surface area contributed by atoms with Crippen molar-refractivity contribution in [1.82, 2.24) is 10.6 Å². The average Bonchev–Trinajstić information content (AvgIpc) is 2.29. The summed E-state index contributed by atoms with van der Waals surface area (Å²) in [6.45, 7) is 3.02. The Kier molecular flexibility index (Phi) is 12.3. The van der Waals surface area contributed by atoms with Crippen LogP contribution in [0.3, 0.4) is 0 Å². The molecule has 0 bridgehead atoms. The molecule has 0 fully saturated rings. The molecule has 0 aromatic heterocycles. The normalized spacial score (nSPS) is 11.1. The Morgan fingerprint density at radius 1 is 0.850 bits per heavy atom. The molecule has 0 saturated carbocycles. The van der Waals surface area contributed by atoms with Crippen LogP contribution in [0, 0.1) is 5.21 Å². The molecule has 0 saturated heterocycles. The minimum absolute atomic E-state index is 0.291. The number of amides is 2. The van der Waals surface area contributed by atoms with Gasteiger partial charge >= 0.3 is 0 Å². The smallest absolute Gasteiger partial charge is 0.207 e. The van der Waals surface area contributed by atoms with Crippen LogP contribution in [0.2, 0.25) is 0 Å². The summed E-state index contributed by atoms with van der Waals surface area (Å²) >= 11 is 0. The Bertz CT molecular complexity index is 221. The second-order valence-corrected chi connectivity index (χ2v) is 6.16. The molecule has 0 aliphatic heterocycles. The van der Waals surface area contributed by atoms with Gasteiger partial charge in [0.1, 0.15) is 0 Å². The maximum Gasteiger partial charge on any atom is 0.207 e. The first-order valence-corrected chi connectivity index (χ1v) is 6.81. The highest BCUT2D eigenvalue weighted by Gasteiger charge is 2.04. The molecule has 20 heavy (non-hydrogen) atoms. The number of quaternary nitrogens is 2. The number of hydroxylamine groups is 3. The Balaban J connectivity index is 0. The van der Waals surface area contributed by atoms with Gasteiger partial charge in [-0.15, -0.1) is 0 Å². The number of rotatable bonds is 10. The van der Waals surface area contributed by atoms with E-state index in [0.29, 0.717) is 19.5 Å². The number of hydrogen-bond donors (Lipinski definition) is 2. The Morgan fingerprint density at radius 2 is 1.25 bits per heavy atom. The van der Waals surface area contributed by atoms with Crippen molar-refractivity contribution >= 4 is 12.8 Å². The molecule has 0 aromatic rings. The van der Waals surface area contributed by atoms with Crippen molar-refractivity contribution in [3.8, 4) is 0 Å². The van der Waals surface area contributed by atoms with E-state index in [0.717, 1.165) is 36.8 Å². The van der Waals surface area contributed by atoms with E-state index in [4.69, 9.17) is 0 Å². The summed E-state index contributed by atoms with van der Waals surface area (Å²) in [5, 5.41) is 16.0. The summed E-state index contributed by atoms with van der Waals surface area (Å²) in [5.74, 6) is 0. The van der Waals surface area contributed by atoms with Crippen molar-refractivity contribution in [2.24, 2.45) is 0 Å². The van der Waals surface area contributed by atoms with Gasteiger partial charge in [0.25, 0.3) is 0 Å². The van der Waals surface area contributed by atoms with Crippen molar-refractivity contribution in [2.45, 2.75) is 12.8 Å². The molecule has 0 atom stereocenters. The van der Waals surface area contributed by atoms with Crippen LogP contribution in [0.15, 0.2) is 0 Å². The van der Waals surface area contributed by atoms with Gasteiger partial charge in [-0.05, 0) is 0 Å². The van der Waals surface area contributed by atoms with Crippen LogP contribution in [0.1, 0.15) is 12.8 Å². The van der Waals surface area contributed by atoms with Crippen molar-refractivity contribution in [3.63, 3.8) is 0 Å². The maximum atomic E-state index is 10.9. The lowest BCUT2D eigenvalue weighted by Gasteiger charge is -2.33. The molecule has 7 nitrogen and oxygen atoms in total. The summed E-state index contributed by atoms with van der Waals surface area (Å²) < 4.78 is 0.668. The summed E-state index contributed by atoms with van der Waals surface area (Å²) in [6, 6.07) is 0. The fourth-order valence-corrected chi connectivity index (χ4v) is 1.34. The number of carbonyl (C=O) groups is 2. The van der Waals surface area contributed by atoms with E-state index in [9.17, 15) is 14.8 Å². The summed E-state index contributed by atoms with van der Waals surface area (Å²) in [4.78, 5) is 19.5. The average molecular weight is 291 g/mol. The lowest BCUT2D eigenvalue weighted by molar-refractivity contribution is -0.870. The fourth-order valence-electron chi connectivity index (χ4n) is 1.34. The number of carbonyl (C=O) groups excluding carboxylic acids is 2. The lowest BCUT2D eigenvalue weighted by atomic mass is 10.4. The van der Waals surface area contributed by atoms with Gasteiger partial charge in [-0.1, -0.05) is 0 Å². The summed E-state index contributed by atoms with van der Waals surface area (Å²) in [7, 11) is 9.59. The van der Waals surface area contributed by atoms with E-state index in [-0.39, 0.29) is 4.65 Å². The quantitative estimate of drug-likeness (QED) is 0.247. The zero-order valence-corrected chi connectivity index (χ0v) is 13.5. The molecule has 0 spiro atoms. The minimum atomic E-state index is -0.291. The van der Waals surface area contributed by atoms with E-state index < -0.39 is 0 Å². The third kappa shape index (κ3) is 25.6. The Labute approximate surface area is 122 Å². The molecule has 0 heterocycles. The van der Waals surface area contributed by atoms with E-state index in [1.165, 1.54) is 0 Å². The van der Waals surface area contributed by atoms with Gasteiger partial charge in [0, 0.05) is 25.9 Å². The summed E-state index contributed by atoms with van der Waals surface area (Å²) in [5.41, 5.74) is 0. The molecule has 0 rings (SSSR count). The molecule has 120 valence electrons. The minimum Gasteiger partial charge on any atom is -0.633 e. The molecule has 2 N–H and O–H groups in total. The van der Waals surface area contributed by atoms with Crippen molar-refractivity contribution in [3.05, 3.63) is 5.21 Å². The van der Waals surface area contributed by atoms with Gasteiger partial charge in [0.05, 0.1) is 48.3 Å². The zero-order valence-electron chi connectivity index (χ0n) is 13.5. The molecule has 0 aromatic carbocycles. The highest BCUT2D eigenvalue weighted by Crippen LogP contribution is 1.93. The van der Waals surface area contributed by atoms with Crippen LogP contribution in [-0.4, -0.2) is 83.4 Å². The third-order valence-corrected chi connectivity index (χ3v) is 2.33. The fraction of sp³-hybridized carbons (Fsp3) is 0.846. The molecular formula is C13H31N4O3+. The van der Waals surface area contributed by atoms with Crippen LogP contribution < -0.4 is 10.6 Å². The summed E-state index contributed by atoms with van der Waals surface area (Å²) in [6.07, 6.45) is 3.16. The van der Waals surface area contributed by atoms with Gasteiger partial charge < -0.3 is 25.0 Å².